The first-order valence-electron chi connectivity index (χ1n) is 5.53. The number of carbonyl (C=O) groups excluding carboxylic acids is 1. The lowest BCUT2D eigenvalue weighted by Gasteiger charge is -2.11. The van der Waals surface area contributed by atoms with Gasteiger partial charge in [0.2, 0.25) is 6.29 Å². The highest BCUT2D eigenvalue weighted by Crippen LogP contribution is 2.03. The van der Waals surface area contributed by atoms with Crippen molar-refractivity contribution in [3.63, 3.8) is 0 Å². The molecule has 0 fully saturated rings. The van der Waals surface area contributed by atoms with Gasteiger partial charge in [-0.15, -0.1) is 0 Å². The van der Waals surface area contributed by atoms with Crippen LogP contribution in [0.3, 0.4) is 0 Å². The lowest BCUT2D eigenvalue weighted by Crippen LogP contribution is -2.21. The zero-order valence-electron chi connectivity index (χ0n) is 10.7. The summed E-state index contributed by atoms with van der Waals surface area (Å²) < 4.78 is 8.86. The van der Waals surface area contributed by atoms with Crippen molar-refractivity contribution < 1.29 is 33.9 Å². The molecule has 0 aromatic carbocycles. The molecule has 0 amide bonds. The Morgan fingerprint density at radius 2 is 2.00 bits per heavy atom. The van der Waals surface area contributed by atoms with E-state index in [1.54, 1.807) is 0 Å². The fourth-order valence-electron chi connectivity index (χ4n) is 0.815. The van der Waals surface area contributed by atoms with Gasteiger partial charge in [-0.1, -0.05) is 13.3 Å². The summed E-state index contributed by atoms with van der Waals surface area (Å²) in [6.45, 7) is 5.16. The molecule has 0 aromatic rings. The Bertz CT molecular complexity index is 298. The molecule has 0 spiro atoms. The van der Waals surface area contributed by atoms with E-state index in [0.29, 0.717) is 6.61 Å². The smallest absolute Gasteiger partial charge is 0.450 e. The molecule has 0 bridgehead atoms. The number of hydrogen-bond acceptors (Lipinski definition) is 6. The Hall–Kier alpha value is -1.76. The monoisotopic (exact) mass is 262 g/mol. The first kappa shape index (κ1) is 16.2. The molecule has 1 atom stereocenters. The molecule has 1 N–H and O–H groups in total. The summed E-state index contributed by atoms with van der Waals surface area (Å²) in [5.41, 5.74) is 0.132. The molecule has 104 valence electrons. The zero-order valence-corrected chi connectivity index (χ0v) is 10.7. The summed E-state index contributed by atoms with van der Waals surface area (Å²) in [4.78, 5) is 30.9. The summed E-state index contributed by atoms with van der Waals surface area (Å²) in [5.74, 6) is -0.747. The van der Waals surface area contributed by atoms with Crippen molar-refractivity contribution >= 4 is 12.1 Å². The molecule has 7 heteroatoms. The van der Waals surface area contributed by atoms with Gasteiger partial charge in [0.05, 0.1) is 12.2 Å². The number of carbonyl (C=O) groups is 2. The third-order valence-electron chi connectivity index (χ3n) is 1.74. The predicted octanol–water partition coefficient (Wildman–Crippen LogP) is 2.22. The summed E-state index contributed by atoms with van der Waals surface area (Å²) >= 11 is 0. The highest BCUT2D eigenvalue weighted by atomic mass is 17.2. The quantitative estimate of drug-likeness (QED) is 0.136. The summed E-state index contributed by atoms with van der Waals surface area (Å²) in [5, 5.41) is 8.29. The molecular formula is C11H18O7. The molecule has 0 aliphatic heterocycles. The molecular weight excluding hydrogens is 244 g/mol. The minimum Gasteiger partial charge on any atom is -0.450 e. The normalized spacial score (nSPS) is 12.7. The van der Waals surface area contributed by atoms with Crippen molar-refractivity contribution in [3.8, 4) is 0 Å². The van der Waals surface area contributed by atoms with Crippen molar-refractivity contribution in [2.45, 2.75) is 39.9 Å². The second-order valence-corrected chi connectivity index (χ2v) is 3.43. The van der Waals surface area contributed by atoms with E-state index in [9.17, 15) is 9.59 Å². The van der Waals surface area contributed by atoms with Gasteiger partial charge in [-0.05, 0) is 13.3 Å². The number of carboxylic acid groups (broad SMARTS) is 1. The van der Waals surface area contributed by atoms with Gasteiger partial charge in [-0.25, -0.2) is 9.59 Å². The van der Waals surface area contributed by atoms with Crippen molar-refractivity contribution in [3.05, 3.63) is 11.8 Å². The largest absolute Gasteiger partial charge is 0.508 e. The average molecular weight is 262 g/mol. The lowest BCUT2D eigenvalue weighted by atomic mass is 10.3. The van der Waals surface area contributed by atoms with E-state index in [1.807, 2.05) is 6.92 Å². The number of esters is 1. The summed E-state index contributed by atoms with van der Waals surface area (Å²) in [6, 6.07) is 0. The van der Waals surface area contributed by atoms with Crippen LogP contribution in [0.25, 0.3) is 0 Å². The Morgan fingerprint density at radius 3 is 2.56 bits per heavy atom. The van der Waals surface area contributed by atoms with Crippen LogP contribution in [0.2, 0.25) is 0 Å². The molecule has 7 nitrogen and oxygen atoms in total. The topological polar surface area (TPSA) is 91.3 Å². The molecule has 0 saturated heterocycles. The summed E-state index contributed by atoms with van der Waals surface area (Å²) in [6.07, 6.45) is 0.209. The Balaban J connectivity index is 3.93. The van der Waals surface area contributed by atoms with Gasteiger partial charge < -0.3 is 19.5 Å². The molecule has 0 radical (unpaired) electrons. The summed E-state index contributed by atoms with van der Waals surface area (Å²) in [7, 11) is 0. The van der Waals surface area contributed by atoms with E-state index < -0.39 is 18.4 Å². The maximum Gasteiger partial charge on any atom is 0.508 e. The molecule has 0 saturated carbocycles. The van der Waals surface area contributed by atoms with Crippen molar-refractivity contribution in [2.24, 2.45) is 0 Å². The third kappa shape index (κ3) is 8.40. The molecule has 18 heavy (non-hydrogen) atoms. The van der Waals surface area contributed by atoms with Crippen molar-refractivity contribution in [2.75, 3.05) is 6.61 Å². The van der Waals surface area contributed by atoms with Gasteiger partial charge in [0, 0.05) is 6.92 Å². The average Bonchev–Trinajstić information content (AvgIpc) is 2.27. The second-order valence-electron chi connectivity index (χ2n) is 3.43. The van der Waals surface area contributed by atoms with Gasteiger partial charge in [0.15, 0.2) is 0 Å². The Labute approximate surface area is 105 Å². The van der Waals surface area contributed by atoms with E-state index >= 15 is 0 Å². The van der Waals surface area contributed by atoms with E-state index in [1.165, 1.54) is 13.8 Å². The van der Waals surface area contributed by atoms with E-state index in [0.717, 1.165) is 19.1 Å². The maximum atomic E-state index is 11.4. The number of hydrogen-bond donors (Lipinski definition) is 1. The van der Waals surface area contributed by atoms with Gasteiger partial charge >= 0.3 is 12.1 Å². The Morgan fingerprint density at radius 1 is 1.33 bits per heavy atom. The van der Waals surface area contributed by atoms with Crippen LogP contribution in [0, 0.1) is 0 Å². The van der Waals surface area contributed by atoms with Crippen LogP contribution in [0.5, 0.6) is 0 Å². The van der Waals surface area contributed by atoms with Crippen LogP contribution in [-0.2, 0) is 24.0 Å². The van der Waals surface area contributed by atoms with Gasteiger partial charge in [-0.3, -0.25) is 0 Å². The fraction of sp³-hybridized carbons (Fsp3) is 0.636. The molecule has 0 aliphatic rings. The van der Waals surface area contributed by atoms with E-state index in [4.69, 9.17) is 9.99 Å². The number of rotatable bonds is 8. The molecule has 0 aliphatic carbocycles. The highest BCUT2D eigenvalue weighted by Gasteiger charge is 2.14. The first-order chi connectivity index (χ1) is 8.47. The van der Waals surface area contributed by atoms with Gasteiger partial charge in [0.1, 0.15) is 6.26 Å². The van der Waals surface area contributed by atoms with E-state index in [-0.39, 0.29) is 5.57 Å². The molecule has 0 aromatic heterocycles. The molecule has 1 unspecified atom stereocenters. The third-order valence-corrected chi connectivity index (χ3v) is 1.74. The first-order valence-corrected chi connectivity index (χ1v) is 5.53. The maximum absolute atomic E-state index is 11.4. The van der Waals surface area contributed by atoms with Crippen LogP contribution < -0.4 is 0 Å². The van der Waals surface area contributed by atoms with Crippen LogP contribution in [-0.4, -0.2) is 30.1 Å². The number of unbranched alkanes of at least 4 members (excludes halogenated alkanes) is 1. The van der Waals surface area contributed by atoms with Crippen LogP contribution >= 0.6 is 0 Å². The SMILES string of the molecule is CCCCOOC=C(C)C(=O)OC(C)OC(=O)O. The van der Waals surface area contributed by atoms with Gasteiger partial charge in [-0.2, -0.15) is 4.89 Å². The standard InChI is InChI=1S/C11H18O7/c1-4-5-6-15-16-7-8(2)10(12)17-9(3)18-11(13)14/h7,9H,4-6H2,1-3H3,(H,13,14). The van der Waals surface area contributed by atoms with Crippen LogP contribution in [0.4, 0.5) is 4.79 Å². The van der Waals surface area contributed by atoms with Gasteiger partial charge in [0.25, 0.3) is 0 Å². The number of ether oxygens (including phenoxy) is 2. The van der Waals surface area contributed by atoms with Crippen LogP contribution in [0.1, 0.15) is 33.6 Å². The Kier molecular flexibility index (Phi) is 8.38. The lowest BCUT2D eigenvalue weighted by molar-refractivity contribution is -0.249. The van der Waals surface area contributed by atoms with Crippen molar-refractivity contribution in [1.29, 1.82) is 0 Å². The fourth-order valence-corrected chi connectivity index (χ4v) is 0.815. The predicted molar refractivity (Wildman–Crippen MR) is 60.4 cm³/mol. The second kappa shape index (κ2) is 9.29. The van der Waals surface area contributed by atoms with E-state index in [2.05, 4.69) is 14.4 Å². The molecule has 0 heterocycles. The van der Waals surface area contributed by atoms with Crippen LogP contribution in [0.15, 0.2) is 11.8 Å². The van der Waals surface area contributed by atoms with Crippen molar-refractivity contribution in [1.82, 2.24) is 0 Å². The highest BCUT2D eigenvalue weighted by molar-refractivity contribution is 5.87. The minimum atomic E-state index is -1.52. The molecule has 0 rings (SSSR count). The minimum absolute atomic E-state index is 0.132. The zero-order chi connectivity index (χ0) is 14.0.